The second-order valence-electron chi connectivity index (χ2n) is 8.50. The predicted octanol–water partition coefficient (Wildman–Crippen LogP) is 4.46. The van der Waals surface area contributed by atoms with E-state index in [9.17, 15) is 4.79 Å². The number of ether oxygens (including phenoxy) is 1. The number of anilines is 1. The summed E-state index contributed by atoms with van der Waals surface area (Å²) in [4.78, 5) is 22.3. The Bertz CT molecular complexity index is 1650. The number of ketones is 1. The van der Waals surface area contributed by atoms with Crippen molar-refractivity contribution in [3.8, 4) is 17.6 Å². The maximum Gasteiger partial charge on any atom is 0.287 e. The molecule has 2 heterocycles. The minimum Gasteiger partial charge on any atom is -0.460 e. The number of benzene rings is 3. The fraction of sp³-hybridized carbons (Fsp3) is 0.143. The summed E-state index contributed by atoms with van der Waals surface area (Å²) in [5.41, 5.74) is 9.77. The lowest BCUT2D eigenvalue weighted by Gasteiger charge is -2.09. The van der Waals surface area contributed by atoms with Gasteiger partial charge in [0, 0.05) is 12.1 Å². The molecular formula is C28H24N8O3. The minimum absolute atomic E-state index is 0.00524. The minimum atomic E-state index is -0.140. The van der Waals surface area contributed by atoms with Crippen LogP contribution in [0.4, 0.5) is 11.5 Å². The number of nitrogens with two attached hydrogens (primary N) is 1. The van der Waals surface area contributed by atoms with Gasteiger partial charge in [-0.2, -0.15) is 10.3 Å². The summed E-state index contributed by atoms with van der Waals surface area (Å²) in [6, 6.07) is 26.0. The maximum absolute atomic E-state index is 13.3. The molecule has 11 heteroatoms. The van der Waals surface area contributed by atoms with Crippen molar-refractivity contribution in [1.29, 1.82) is 5.26 Å². The lowest BCUT2D eigenvalue weighted by atomic mass is 10.1. The van der Waals surface area contributed by atoms with E-state index >= 15 is 0 Å². The van der Waals surface area contributed by atoms with E-state index in [1.165, 1.54) is 0 Å². The standard InChI is InChI=1S/C28H24N8O3/c29-15-6-16-31-26-25(34-39-35-26)27-33-22-9-4-5-10-23(22)36(27)17-24(37)20-11-13-21(14-12-20)32-28(30)38-18-19-7-2-1-3-8-19/h1-5,7-14H,6,16-18H2,(H2,30,32)(H,31,35). The summed E-state index contributed by atoms with van der Waals surface area (Å²) in [6.45, 7) is 0.684. The molecule has 0 saturated heterocycles. The molecule has 5 aromatic rings. The zero-order valence-corrected chi connectivity index (χ0v) is 20.8. The third-order valence-electron chi connectivity index (χ3n) is 5.84. The molecule has 0 spiro atoms. The zero-order valence-electron chi connectivity index (χ0n) is 20.8. The zero-order chi connectivity index (χ0) is 27.0. The summed E-state index contributed by atoms with van der Waals surface area (Å²) >= 11 is 0. The SMILES string of the molecule is N#CCCNc1nonc1-c1nc2ccccc2n1CC(=O)c1ccc(N=C(N)OCc2ccccc2)cc1. The topological polar surface area (TPSA) is 157 Å². The van der Waals surface area contributed by atoms with E-state index in [1.54, 1.807) is 28.8 Å². The summed E-state index contributed by atoms with van der Waals surface area (Å²) in [5.74, 6) is 0.636. The average molecular weight is 521 g/mol. The number of imidazole rings is 1. The summed E-state index contributed by atoms with van der Waals surface area (Å²) in [7, 11) is 0. The highest BCUT2D eigenvalue weighted by molar-refractivity contribution is 5.97. The molecular weight excluding hydrogens is 496 g/mol. The normalized spacial score (nSPS) is 11.3. The predicted molar refractivity (Wildman–Crippen MR) is 145 cm³/mol. The Morgan fingerprint density at radius 1 is 1.05 bits per heavy atom. The largest absolute Gasteiger partial charge is 0.460 e. The van der Waals surface area contributed by atoms with Gasteiger partial charge in [0.15, 0.2) is 17.3 Å². The molecule has 11 nitrogen and oxygen atoms in total. The Morgan fingerprint density at radius 3 is 2.62 bits per heavy atom. The Kier molecular flexibility index (Phi) is 7.55. The van der Waals surface area contributed by atoms with Crippen LogP contribution in [-0.2, 0) is 17.9 Å². The van der Waals surface area contributed by atoms with Gasteiger partial charge in [0.25, 0.3) is 6.02 Å². The fourth-order valence-corrected chi connectivity index (χ4v) is 3.95. The number of carbonyl (C=O) groups is 1. The van der Waals surface area contributed by atoms with E-state index in [2.05, 4.69) is 31.7 Å². The van der Waals surface area contributed by atoms with Crippen LogP contribution >= 0.6 is 0 Å². The first-order chi connectivity index (χ1) is 19.1. The van der Waals surface area contributed by atoms with Gasteiger partial charge in [-0.05, 0) is 52.3 Å². The van der Waals surface area contributed by atoms with Gasteiger partial charge in [-0.3, -0.25) is 4.79 Å². The van der Waals surface area contributed by atoms with E-state index < -0.39 is 0 Å². The average Bonchev–Trinajstić information content (AvgIpc) is 3.57. The van der Waals surface area contributed by atoms with Crippen LogP contribution in [0.1, 0.15) is 22.3 Å². The molecule has 0 saturated carbocycles. The number of amidine groups is 1. The van der Waals surface area contributed by atoms with Crippen LogP contribution in [0, 0.1) is 11.3 Å². The highest BCUT2D eigenvalue weighted by Crippen LogP contribution is 2.28. The molecule has 194 valence electrons. The number of aromatic nitrogens is 4. The Morgan fingerprint density at radius 2 is 1.82 bits per heavy atom. The number of nitriles is 1. The number of rotatable bonds is 10. The Labute approximate surface area is 223 Å². The number of hydrogen-bond acceptors (Lipinski definition) is 9. The van der Waals surface area contributed by atoms with Crippen molar-refractivity contribution in [2.45, 2.75) is 19.6 Å². The van der Waals surface area contributed by atoms with Crippen molar-refractivity contribution < 1.29 is 14.2 Å². The van der Waals surface area contributed by atoms with Crippen LogP contribution in [0.3, 0.4) is 0 Å². The Balaban J connectivity index is 1.34. The van der Waals surface area contributed by atoms with E-state index in [4.69, 9.17) is 20.4 Å². The summed E-state index contributed by atoms with van der Waals surface area (Å²) in [5, 5.41) is 19.8. The second kappa shape index (κ2) is 11.7. The highest BCUT2D eigenvalue weighted by Gasteiger charge is 2.22. The number of nitrogens with one attached hydrogen (secondary N) is 1. The smallest absolute Gasteiger partial charge is 0.287 e. The molecule has 0 aliphatic heterocycles. The van der Waals surface area contributed by atoms with E-state index in [0.29, 0.717) is 47.3 Å². The van der Waals surface area contributed by atoms with Gasteiger partial charge in [-0.25, -0.2) is 9.61 Å². The second-order valence-corrected chi connectivity index (χ2v) is 8.50. The highest BCUT2D eigenvalue weighted by atomic mass is 16.6. The molecule has 0 aliphatic carbocycles. The first-order valence-corrected chi connectivity index (χ1v) is 12.2. The lowest BCUT2D eigenvalue weighted by Crippen LogP contribution is -2.15. The van der Waals surface area contributed by atoms with Gasteiger partial charge in [0.1, 0.15) is 6.61 Å². The monoisotopic (exact) mass is 520 g/mol. The van der Waals surface area contributed by atoms with E-state index in [0.717, 1.165) is 11.1 Å². The molecule has 0 atom stereocenters. The number of para-hydroxylation sites is 2. The van der Waals surface area contributed by atoms with Crippen LogP contribution < -0.4 is 11.1 Å². The molecule has 0 fully saturated rings. The molecule has 3 aromatic carbocycles. The van der Waals surface area contributed by atoms with Gasteiger partial charge in [-0.15, -0.1) is 0 Å². The third-order valence-corrected chi connectivity index (χ3v) is 5.84. The molecule has 0 unspecified atom stereocenters. The first-order valence-electron chi connectivity index (χ1n) is 12.2. The number of carbonyl (C=O) groups excluding carboxylic acids is 1. The van der Waals surface area contributed by atoms with Crippen molar-refractivity contribution >= 4 is 34.3 Å². The van der Waals surface area contributed by atoms with Gasteiger partial charge >= 0.3 is 0 Å². The number of aliphatic imine (C=N–C) groups is 1. The molecule has 0 bridgehead atoms. The molecule has 3 N–H and O–H groups in total. The molecule has 5 rings (SSSR count). The van der Waals surface area contributed by atoms with Crippen molar-refractivity contribution in [1.82, 2.24) is 19.9 Å². The number of hydrogen-bond donors (Lipinski definition) is 2. The quantitative estimate of drug-likeness (QED) is 0.117. The van der Waals surface area contributed by atoms with Crippen molar-refractivity contribution in [2.24, 2.45) is 10.7 Å². The first kappa shape index (κ1) is 25.2. The van der Waals surface area contributed by atoms with Crippen LogP contribution in [0.5, 0.6) is 0 Å². The van der Waals surface area contributed by atoms with Gasteiger partial charge in [0.05, 0.1) is 35.8 Å². The van der Waals surface area contributed by atoms with Crippen LogP contribution in [0.15, 0.2) is 88.5 Å². The van der Waals surface area contributed by atoms with Crippen molar-refractivity contribution in [3.05, 3.63) is 90.0 Å². The summed E-state index contributed by atoms with van der Waals surface area (Å²) in [6.07, 6.45) is 0.284. The van der Waals surface area contributed by atoms with Gasteiger partial charge in [-0.1, -0.05) is 42.5 Å². The van der Waals surface area contributed by atoms with Crippen molar-refractivity contribution in [3.63, 3.8) is 0 Å². The summed E-state index contributed by atoms with van der Waals surface area (Å²) < 4.78 is 12.2. The third kappa shape index (κ3) is 5.91. The fourth-order valence-electron chi connectivity index (χ4n) is 3.95. The molecule has 2 aromatic heterocycles. The molecule has 39 heavy (non-hydrogen) atoms. The van der Waals surface area contributed by atoms with Gasteiger partial charge in [0.2, 0.25) is 5.82 Å². The molecule has 0 aliphatic rings. The number of nitrogens with zero attached hydrogens (tertiary/aromatic N) is 6. The van der Waals surface area contributed by atoms with E-state index in [-0.39, 0.29) is 24.8 Å². The van der Waals surface area contributed by atoms with E-state index in [1.807, 2.05) is 54.6 Å². The van der Waals surface area contributed by atoms with Crippen LogP contribution in [0.2, 0.25) is 0 Å². The number of Topliss-reactive ketones (excluding diaryl/α,β-unsaturated/α-hetero) is 1. The molecule has 0 amide bonds. The van der Waals surface area contributed by atoms with Crippen molar-refractivity contribution in [2.75, 3.05) is 11.9 Å². The lowest BCUT2D eigenvalue weighted by molar-refractivity contribution is 0.0974. The maximum atomic E-state index is 13.3. The molecule has 0 radical (unpaired) electrons. The Hall–Kier alpha value is -5.50. The van der Waals surface area contributed by atoms with Gasteiger partial charge < -0.3 is 20.4 Å². The number of fused-ring (bicyclic) bond motifs is 1. The van der Waals surface area contributed by atoms with Crippen LogP contribution in [-0.4, -0.2) is 38.2 Å². The van der Waals surface area contributed by atoms with Crippen LogP contribution in [0.25, 0.3) is 22.6 Å².